The first-order chi connectivity index (χ1) is 14.5. The molecule has 1 heterocycles. The van der Waals surface area contributed by atoms with Gasteiger partial charge in [-0.05, 0) is 60.0 Å². The van der Waals surface area contributed by atoms with Crippen LogP contribution in [0.5, 0.6) is 0 Å². The quantitative estimate of drug-likeness (QED) is 0.581. The number of carbonyl (C=O) groups is 1. The number of amides is 1. The molecule has 0 aliphatic heterocycles. The van der Waals surface area contributed by atoms with Crippen LogP contribution in [0.4, 0.5) is 0 Å². The first-order valence-electron chi connectivity index (χ1n) is 10.0. The molecule has 0 radical (unpaired) electrons. The Bertz CT molecular complexity index is 1120. The van der Waals surface area contributed by atoms with Crippen LogP contribution in [0.25, 0.3) is 0 Å². The summed E-state index contributed by atoms with van der Waals surface area (Å²) < 4.78 is 27.8. The van der Waals surface area contributed by atoms with Crippen LogP contribution in [0.3, 0.4) is 0 Å². The minimum absolute atomic E-state index is 0.0923. The van der Waals surface area contributed by atoms with E-state index in [2.05, 4.69) is 28.2 Å². The van der Waals surface area contributed by atoms with Gasteiger partial charge in [0.1, 0.15) is 0 Å². The highest BCUT2D eigenvalue weighted by molar-refractivity contribution is 7.89. The summed E-state index contributed by atoms with van der Waals surface area (Å²) in [6.07, 6.45) is 3.23. The summed E-state index contributed by atoms with van der Waals surface area (Å²) in [7, 11) is -3.69. The van der Waals surface area contributed by atoms with Gasteiger partial charge in [-0.2, -0.15) is 0 Å². The summed E-state index contributed by atoms with van der Waals surface area (Å²) in [5.74, 6) is 0.0339. The normalized spacial score (nSPS) is 16.1. The molecule has 156 valence electrons. The van der Waals surface area contributed by atoms with Crippen molar-refractivity contribution in [2.45, 2.75) is 36.6 Å². The van der Waals surface area contributed by atoms with Gasteiger partial charge in [0.25, 0.3) is 5.91 Å². The summed E-state index contributed by atoms with van der Waals surface area (Å²) in [6.45, 7) is 0.779. The number of benzene rings is 2. The number of carbonyl (C=O) groups excluding carboxylic acids is 1. The van der Waals surface area contributed by atoms with Crippen molar-refractivity contribution in [3.05, 3.63) is 87.6 Å². The van der Waals surface area contributed by atoms with Crippen molar-refractivity contribution in [2.75, 3.05) is 6.54 Å². The first kappa shape index (κ1) is 20.8. The van der Waals surface area contributed by atoms with Crippen molar-refractivity contribution in [1.29, 1.82) is 0 Å². The fraction of sp³-hybridized carbons (Fsp3) is 0.261. The van der Waals surface area contributed by atoms with Crippen LogP contribution in [0.15, 0.2) is 70.9 Å². The molecule has 0 bridgehead atoms. The van der Waals surface area contributed by atoms with E-state index >= 15 is 0 Å². The Kier molecular flexibility index (Phi) is 6.32. The smallest absolute Gasteiger partial charge is 0.251 e. The van der Waals surface area contributed by atoms with E-state index in [4.69, 9.17) is 0 Å². The highest BCUT2D eigenvalue weighted by Gasteiger charge is 2.21. The Hall–Kier alpha value is -2.48. The van der Waals surface area contributed by atoms with E-state index in [-0.39, 0.29) is 17.3 Å². The van der Waals surface area contributed by atoms with E-state index in [1.54, 1.807) is 12.1 Å². The maximum atomic E-state index is 12.7. The number of rotatable bonds is 7. The first-order valence-corrected chi connectivity index (χ1v) is 12.4. The van der Waals surface area contributed by atoms with E-state index in [0.717, 1.165) is 24.1 Å². The predicted octanol–water partition coefficient (Wildman–Crippen LogP) is 4.08. The van der Waals surface area contributed by atoms with Gasteiger partial charge in [0, 0.05) is 29.4 Å². The highest BCUT2D eigenvalue weighted by Crippen LogP contribution is 2.30. The van der Waals surface area contributed by atoms with E-state index < -0.39 is 10.0 Å². The molecule has 0 saturated carbocycles. The van der Waals surface area contributed by atoms with Crippen LogP contribution in [0.2, 0.25) is 0 Å². The van der Waals surface area contributed by atoms with Crippen LogP contribution >= 0.6 is 11.3 Å². The molecule has 5 nitrogen and oxygen atoms in total. The second kappa shape index (κ2) is 9.12. The maximum absolute atomic E-state index is 12.7. The molecule has 1 aromatic heterocycles. The van der Waals surface area contributed by atoms with Gasteiger partial charge < -0.3 is 5.32 Å². The maximum Gasteiger partial charge on any atom is 0.251 e. The van der Waals surface area contributed by atoms with E-state index in [0.29, 0.717) is 18.0 Å². The van der Waals surface area contributed by atoms with Crippen LogP contribution in [0, 0.1) is 0 Å². The molecule has 0 fully saturated rings. The van der Waals surface area contributed by atoms with E-state index in [1.165, 1.54) is 34.6 Å². The molecular weight excluding hydrogens is 416 g/mol. The minimum atomic E-state index is -3.69. The molecular formula is C23H24N2O3S2. The lowest BCUT2D eigenvalue weighted by molar-refractivity contribution is 0.0950. The highest BCUT2D eigenvalue weighted by atomic mass is 32.2. The molecule has 4 rings (SSSR count). The summed E-state index contributed by atoms with van der Waals surface area (Å²) in [5, 5.41) is 4.89. The van der Waals surface area contributed by atoms with Crippen molar-refractivity contribution in [3.8, 4) is 0 Å². The van der Waals surface area contributed by atoms with Crippen LogP contribution in [0.1, 0.15) is 45.1 Å². The third kappa shape index (κ3) is 4.80. The van der Waals surface area contributed by atoms with Crippen molar-refractivity contribution in [3.63, 3.8) is 0 Å². The fourth-order valence-corrected chi connectivity index (χ4v) is 5.64. The molecule has 1 aliphatic carbocycles. The summed E-state index contributed by atoms with van der Waals surface area (Å²) in [5.41, 5.74) is 3.00. The topological polar surface area (TPSA) is 75.3 Å². The predicted molar refractivity (Wildman–Crippen MR) is 119 cm³/mol. The van der Waals surface area contributed by atoms with Crippen LogP contribution in [-0.4, -0.2) is 20.9 Å². The Labute approximate surface area is 181 Å². The largest absolute Gasteiger partial charge is 0.351 e. The number of nitrogens with one attached hydrogen (secondary N) is 2. The summed E-state index contributed by atoms with van der Waals surface area (Å²) in [4.78, 5) is 13.7. The zero-order valence-electron chi connectivity index (χ0n) is 16.5. The zero-order chi connectivity index (χ0) is 21.0. The number of thiophene rings is 1. The monoisotopic (exact) mass is 440 g/mol. The Morgan fingerprint density at radius 3 is 2.77 bits per heavy atom. The fourth-order valence-electron chi connectivity index (χ4n) is 3.85. The van der Waals surface area contributed by atoms with Crippen molar-refractivity contribution >= 4 is 27.3 Å². The lowest BCUT2D eigenvalue weighted by Crippen LogP contribution is -2.30. The van der Waals surface area contributed by atoms with Gasteiger partial charge in [-0.25, -0.2) is 13.1 Å². The molecule has 0 saturated heterocycles. The van der Waals surface area contributed by atoms with Crippen LogP contribution < -0.4 is 10.0 Å². The Morgan fingerprint density at radius 1 is 1.07 bits per heavy atom. The van der Waals surface area contributed by atoms with Gasteiger partial charge in [0.05, 0.1) is 4.90 Å². The molecule has 1 unspecified atom stereocenters. The number of hydrogen-bond donors (Lipinski definition) is 2. The molecule has 30 heavy (non-hydrogen) atoms. The summed E-state index contributed by atoms with van der Waals surface area (Å²) in [6, 6.07) is 18.3. The molecule has 0 spiro atoms. The lowest BCUT2D eigenvalue weighted by Gasteiger charge is -2.25. The summed E-state index contributed by atoms with van der Waals surface area (Å²) >= 11 is 1.49. The van der Waals surface area contributed by atoms with Gasteiger partial charge in [-0.1, -0.05) is 36.4 Å². The van der Waals surface area contributed by atoms with Crippen molar-refractivity contribution in [1.82, 2.24) is 10.0 Å². The second-order valence-corrected chi connectivity index (χ2v) is 10.2. The molecule has 1 atom stereocenters. The molecule has 1 aliphatic rings. The molecule has 1 amide bonds. The third-order valence-corrected chi connectivity index (χ3v) is 7.70. The second-order valence-electron chi connectivity index (χ2n) is 7.43. The van der Waals surface area contributed by atoms with Gasteiger partial charge in [0.15, 0.2) is 0 Å². The van der Waals surface area contributed by atoms with Crippen LogP contribution in [-0.2, 0) is 23.0 Å². The Morgan fingerprint density at radius 2 is 1.93 bits per heavy atom. The Balaban J connectivity index is 1.42. The van der Waals surface area contributed by atoms with Gasteiger partial charge in [-0.3, -0.25) is 4.79 Å². The minimum Gasteiger partial charge on any atom is -0.351 e. The van der Waals surface area contributed by atoms with E-state index in [9.17, 15) is 13.2 Å². The number of fused-ring (bicyclic) bond motifs is 1. The number of hydrogen-bond acceptors (Lipinski definition) is 4. The van der Waals surface area contributed by atoms with Gasteiger partial charge in [-0.15, -0.1) is 11.3 Å². The van der Waals surface area contributed by atoms with Gasteiger partial charge in [0.2, 0.25) is 10.0 Å². The van der Waals surface area contributed by atoms with Gasteiger partial charge >= 0.3 is 0 Å². The SMILES string of the molecule is O=C(NCC1CCCc2ccccc21)c1cccc(S(=O)(=O)NCc2cccs2)c1. The van der Waals surface area contributed by atoms with Crippen molar-refractivity contribution < 1.29 is 13.2 Å². The van der Waals surface area contributed by atoms with E-state index in [1.807, 2.05) is 23.6 Å². The average Bonchev–Trinajstić information content (AvgIpc) is 3.30. The molecule has 2 N–H and O–H groups in total. The molecule has 3 aromatic rings. The number of sulfonamides is 1. The molecule has 7 heteroatoms. The third-order valence-electron chi connectivity index (χ3n) is 5.43. The average molecular weight is 441 g/mol. The lowest BCUT2D eigenvalue weighted by atomic mass is 9.83. The number of aryl methyl sites for hydroxylation is 1. The standard InChI is InChI=1S/C23H24N2O3S2/c26-23(24-15-19-9-3-7-17-6-1-2-12-22(17)19)18-8-4-11-21(14-18)30(27,28)25-16-20-10-5-13-29-20/h1-2,4-6,8,10-14,19,25H,3,7,9,15-16H2,(H,24,26). The van der Waals surface area contributed by atoms with Crippen molar-refractivity contribution in [2.24, 2.45) is 0 Å². The zero-order valence-corrected chi connectivity index (χ0v) is 18.1. The molecule has 2 aromatic carbocycles.